The van der Waals surface area contributed by atoms with E-state index < -0.39 is 71.6 Å². The van der Waals surface area contributed by atoms with Crippen molar-refractivity contribution < 1.29 is 38.5 Å². The van der Waals surface area contributed by atoms with Gasteiger partial charge in [-0.15, -0.1) is 4.47 Å². The molecule has 0 spiro atoms. The lowest BCUT2D eigenvalue weighted by atomic mass is 10.4. The SMILES string of the molecule is CCN(CC)S(=O)(=O)c1ccccc1S(=O)(=O)N(OC)C(=N)N(c1nc(C)cc(C)n1)S(=O)(=O)c1ccccc1S(=O)(=O)N(CC)CC. The molecular weight excluding hydrogens is 707 g/mol. The van der Waals surface area contributed by atoms with Crippen molar-refractivity contribution in [1.29, 1.82) is 5.41 Å². The van der Waals surface area contributed by atoms with Crippen LogP contribution in [0.1, 0.15) is 39.1 Å². The first kappa shape index (κ1) is 38.9. The Kier molecular flexibility index (Phi) is 12.1. The Hall–Kier alpha value is -3.53. The van der Waals surface area contributed by atoms with Crippen molar-refractivity contribution in [2.24, 2.45) is 0 Å². The van der Waals surface area contributed by atoms with Crippen LogP contribution in [0.2, 0.25) is 0 Å². The summed E-state index contributed by atoms with van der Waals surface area (Å²) < 4.78 is 114. The van der Waals surface area contributed by atoms with E-state index in [2.05, 4.69) is 9.97 Å². The Labute approximate surface area is 282 Å². The molecule has 3 rings (SSSR count). The Balaban J connectivity index is 2.38. The van der Waals surface area contributed by atoms with E-state index in [0.29, 0.717) is 0 Å². The van der Waals surface area contributed by atoms with Crippen LogP contribution in [0.15, 0.2) is 74.2 Å². The lowest BCUT2D eigenvalue weighted by molar-refractivity contribution is 0.0132. The Morgan fingerprint density at radius 1 is 0.625 bits per heavy atom. The molecule has 0 aliphatic rings. The fourth-order valence-corrected chi connectivity index (χ4v) is 11.8. The van der Waals surface area contributed by atoms with E-state index in [1.165, 1.54) is 44.2 Å². The predicted molar refractivity (Wildman–Crippen MR) is 178 cm³/mol. The highest BCUT2D eigenvalue weighted by molar-refractivity contribution is 7.95. The molecule has 1 aromatic heterocycles. The molecule has 2 aromatic carbocycles. The first-order chi connectivity index (χ1) is 22.4. The zero-order valence-electron chi connectivity index (χ0n) is 27.5. The molecule has 0 aliphatic carbocycles. The van der Waals surface area contributed by atoms with E-state index in [0.717, 1.165) is 40.0 Å². The summed E-state index contributed by atoms with van der Waals surface area (Å²) in [6.45, 7) is 9.35. The molecule has 48 heavy (non-hydrogen) atoms. The minimum atomic E-state index is -5.24. The van der Waals surface area contributed by atoms with Gasteiger partial charge in [-0.3, -0.25) is 10.2 Å². The molecule has 0 saturated heterocycles. The molecule has 0 radical (unpaired) electrons. The van der Waals surface area contributed by atoms with Gasteiger partial charge in [-0.05, 0) is 44.2 Å². The number of guanidine groups is 1. The normalized spacial score (nSPS) is 12.8. The number of anilines is 1. The van der Waals surface area contributed by atoms with Crippen molar-refractivity contribution in [3.63, 3.8) is 0 Å². The Morgan fingerprint density at radius 3 is 1.29 bits per heavy atom. The number of hydrogen-bond donors (Lipinski definition) is 1. The van der Waals surface area contributed by atoms with E-state index in [1.807, 2.05) is 0 Å². The second-order valence-electron chi connectivity index (χ2n) is 10.0. The fraction of sp³-hybridized carbons (Fsp3) is 0.393. The van der Waals surface area contributed by atoms with Crippen molar-refractivity contribution >= 4 is 52.0 Å². The topological polar surface area (TPSA) is 208 Å². The summed E-state index contributed by atoms with van der Waals surface area (Å²) in [5.74, 6) is -2.11. The van der Waals surface area contributed by atoms with E-state index in [-0.39, 0.29) is 46.3 Å². The molecule has 264 valence electrons. The van der Waals surface area contributed by atoms with Crippen LogP contribution in [0.3, 0.4) is 0 Å². The fourth-order valence-electron chi connectivity index (χ4n) is 4.83. The van der Waals surface area contributed by atoms with E-state index >= 15 is 0 Å². The average Bonchev–Trinajstić information content (AvgIpc) is 3.01. The molecular formula is C28H39N7O9S4. The molecule has 1 N–H and O–H groups in total. The van der Waals surface area contributed by atoms with Gasteiger partial charge in [-0.1, -0.05) is 52.0 Å². The van der Waals surface area contributed by atoms with Crippen LogP contribution in [-0.4, -0.2) is 96.0 Å². The second-order valence-corrected chi connectivity index (χ2v) is 17.3. The number of hydroxylamine groups is 1. The molecule has 3 aromatic rings. The summed E-state index contributed by atoms with van der Waals surface area (Å²) >= 11 is 0. The van der Waals surface area contributed by atoms with Gasteiger partial charge in [0, 0.05) is 37.6 Å². The zero-order chi connectivity index (χ0) is 36.2. The summed E-state index contributed by atoms with van der Waals surface area (Å²) in [5.41, 5.74) is 0.467. The number of hydrogen-bond acceptors (Lipinski definition) is 12. The monoisotopic (exact) mass is 745 g/mol. The van der Waals surface area contributed by atoms with Crippen LogP contribution in [-0.2, 0) is 44.9 Å². The molecule has 20 heteroatoms. The molecule has 1 heterocycles. The van der Waals surface area contributed by atoms with Crippen molar-refractivity contribution in [2.75, 3.05) is 37.6 Å². The third-order valence-corrected chi connectivity index (χ3v) is 14.9. The summed E-state index contributed by atoms with van der Waals surface area (Å²) in [7, 11) is -18.4. The lowest BCUT2D eigenvalue weighted by Gasteiger charge is -2.30. The number of nitrogens with zero attached hydrogens (tertiary/aromatic N) is 6. The Morgan fingerprint density at radius 2 is 0.958 bits per heavy atom. The van der Waals surface area contributed by atoms with Crippen molar-refractivity contribution in [3.8, 4) is 0 Å². The van der Waals surface area contributed by atoms with Crippen molar-refractivity contribution in [1.82, 2.24) is 23.0 Å². The number of nitrogens with one attached hydrogen (secondary N) is 1. The van der Waals surface area contributed by atoms with Crippen LogP contribution in [0.5, 0.6) is 0 Å². The predicted octanol–water partition coefficient (Wildman–Crippen LogP) is 2.54. The highest BCUT2D eigenvalue weighted by Crippen LogP contribution is 2.32. The first-order valence-electron chi connectivity index (χ1n) is 14.6. The van der Waals surface area contributed by atoms with Gasteiger partial charge in [0.25, 0.3) is 26.0 Å². The minimum absolute atomic E-state index is 0.0123. The molecule has 16 nitrogen and oxygen atoms in total. The van der Waals surface area contributed by atoms with E-state index in [4.69, 9.17) is 10.2 Å². The molecule has 0 saturated carbocycles. The van der Waals surface area contributed by atoms with Gasteiger partial charge in [-0.25, -0.2) is 35.2 Å². The smallest absolute Gasteiger partial charge is 0.265 e. The molecule has 0 atom stereocenters. The number of rotatable bonds is 14. The summed E-state index contributed by atoms with van der Waals surface area (Å²) in [6, 6.07) is 10.7. The lowest BCUT2D eigenvalue weighted by Crippen LogP contribution is -2.50. The maximum atomic E-state index is 14.6. The number of aryl methyl sites for hydroxylation is 2. The average molecular weight is 746 g/mol. The molecule has 0 fully saturated rings. The second kappa shape index (κ2) is 14.9. The van der Waals surface area contributed by atoms with E-state index in [1.54, 1.807) is 27.7 Å². The van der Waals surface area contributed by atoms with Gasteiger partial charge in [0.2, 0.25) is 26.0 Å². The number of aromatic nitrogens is 2. The first-order valence-corrected chi connectivity index (χ1v) is 20.4. The number of sulfonamides is 4. The quantitative estimate of drug-likeness (QED) is 0.144. The number of benzene rings is 2. The van der Waals surface area contributed by atoms with Gasteiger partial charge in [-0.2, -0.15) is 21.3 Å². The van der Waals surface area contributed by atoms with Crippen LogP contribution >= 0.6 is 0 Å². The highest BCUT2D eigenvalue weighted by atomic mass is 32.2. The van der Waals surface area contributed by atoms with Crippen LogP contribution in [0, 0.1) is 19.3 Å². The van der Waals surface area contributed by atoms with Gasteiger partial charge in [0.15, 0.2) is 0 Å². The van der Waals surface area contributed by atoms with Crippen molar-refractivity contribution in [2.45, 2.75) is 61.1 Å². The third kappa shape index (κ3) is 7.24. The molecule has 0 aliphatic heterocycles. The van der Waals surface area contributed by atoms with Crippen LogP contribution < -0.4 is 4.31 Å². The van der Waals surface area contributed by atoms with Crippen LogP contribution in [0.4, 0.5) is 5.95 Å². The van der Waals surface area contributed by atoms with Gasteiger partial charge >= 0.3 is 0 Å². The Bertz CT molecular complexity index is 2080. The van der Waals surface area contributed by atoms with Crippen LogP contribution in [0.25, 0.3) is 0 Å². The maximum absolute atomic E-state index is 14.6. The standard InChI is InChI=1S/C28H39N7O9S4/c1-8-32(9-2)45(36,37)23-16-12-14-18-25(23)47(40,41)34(28-30-21(5)20-22(6)31-28)27(29)35(44-7)48(42,43)26-19-15-13-17-24(26)46(38,39)33(10-3)11-4/h12-20,29H,8-11H2,1-7H3. The minimum Gasteiger partial charge on any atom is -0.265 e. The summed E-state index contributed by atoms with van der Waals surface area (Å²) in [4.78, 5) is 10.5. The summed E-state index contributed by atoms with van der Waals surface area (Å²) in [6.07, 6.45) is 0. The van der Waals surface area contributed by atoms with Gasteiger partial charge in [0.1, 0.15) is 19.6 Å². The summed E-state index contributed by atoms with van der Waals surface area (Å²) in [5, 5.41) is 9.03. The van der Waals surface area contributed by atoms with Gasteiger partial charge in [0.05, 0.1) is 7.11 Å². The molecule has 0 bridgehead atoms. The largest absolute Gasteiger partial charge is 0.290 e. The van der Waals surface area contributed by atoms with E-state index in [9.17, 15) is 33.7 Å². The third-order valence-electron chi connectivity index (χ3n) is 7.04. The molecule has 0 amide bonds. The maximum Gasteiger partial charge on any atom is 0.290 e. The van der Waals surface area contributed by atoms with Gasteiger partial charge < -0.3 is 0 Å². The molecule has 0 unspecified atom stereocenters. The zero-order valence-corrected chi connectivity index (χ0v) is 30.8. The highest BCUT2D eigenvalue weighted by Gasteiger charge is 2.43. The van der Waals surface area contributed by atoms with Crippen molar-refractivity contribution in [3.05, 3.63) is 66.0 Å².